The van der Waals surface area contributed by atoms with Crippen molar-refractivity contribution in [2.45, 2.75) is 13.3 Å². The van der Waals surface area contributed by atoms with E-state index in [0.717, 1.165) is 12.6 Å². The van der Waals surface area contributed by atoms with E-state index in [4.69, 9.17) is 10.6 Å². The van der Waals surface area contributed by atoms with E-state index < -0.39 is 5.82 Å². The first-order valence-electron chi connectivity index (χ1n) is 3.90. The van der Waals surface area contributed by atoms with Crippen molar-refractivity contribution >= 4 is 5.95 Å². The molecule has 1 heterocycles. The maximum absolute atomic E-state index is 12.9. The van der Waals surface area contributed by atoms with Crippen LogP contribution in [0.5, 0.6) is 5.88 Å². The van der Waals surface area contributed by atoms with Gasteiger partial charge in [0.05, 0.1) is 12.8 Å². The fourth-order valence-electron chi connectivity index (χ4n) is 0.721. The second-order valence-corrected chi connectivity index (χ2v) is 2.34. The van der Waals surface area contributed by atoms with E-state index in [1.807, 2.05) is 6.92 Å². The molecule has 0 fully saturated rings. The molecule has 0 aromatic carbocycles. The zero-order valence-electron chi connectivity index (χ0n) is 7.25. The number of hydrazine groups is 1. The molecule has 0 amide bonds. The standard InChI is InChI=1S/C7H11FN4O/c1-2-3-13-6-5(8)4-10-7(11-6)12-9/h4H,2-3,9H2,1H3,(H,10,11,12). The molecule has 5 nitrogen and oxygen atoms in total. The van der Waals surface area contributed by atoms with E-state index in [-0.39, 0.29) is 11.8 Å². The summed E-state index contributed by atoms with van der Waals surface area (Å²) in [6.45, 7) is 2.33. The lowest BCUT2D eigenvalue weighted by atomic mass is 10.5. The van der Waals surface area contributed by atoms with Crippen molar-refractivity contribution in [3.8, 4) is 5.88 Å². The molecule has 0 aliphatic rings. The summed E-state index contributed by atoms with van der Waals surface area (Å²) in [6, 6.07) is 0. The molecule has 13 heavy (non-hydrogen) atoms. The third-order valence-corrected chi connectivity index (χ3v) is 1.28. The summed E-state index contributed by atoms with van der Waals surface area (Å²) < 4.78 is 17.9. The van der Waals surface area contributed by atoms with Crippen molar-refractivity contribution in [3.63, 3.8) is 0 Å². The first kappa shape index (κ1) is 9.66. The molecule has 0 saturated heterocycles. The smallest absolute Gasteiger partial charge is 0.255 e. The Bertz CT molecular complexity index is 281. The molecule has 1 aromatic heterocycles. The number of hydrogen-bond donors (Lipinski definition) is 2. The van der Waals surface area contributed by atoms with Crippen LogP contribution in [-0.4, -0.2) is 16.6 Å². The molecule has 0 aliphatic carbocycles. The Kier molecular flexibility index (Phi) is 3.39. The minimum absolute atomic E-state index is 0.0789. The summed E-state index contributed by atoms with van der Waals surface area (Å²) in [5.74, 6) is 4.51. The number of halogens is 1. The van der Waals surface area contributed by atoms with Crippen molar-refractivity contribution in [2.24, 2.45) is 5.84 Å². The Hall–Kier alpha value is -1.43. The molecule has 1 aromatic rings. The minimum Gasteiger partial charge on any atom is -0.475 e. The number of nitrogens with one attached hydrogen (secondary N) is 1. The molecule has 6 heteroatoms. The number of anilines is 1. The van der Waals surface area contributed by atoms with Crippen molar-refractivity contribution in [1.82, 2.24) is 9.97 Å². The van der Waals surface area contributed by atoms with Gasteiger partial charge in [-0.3, -0.25) is 5.43 Å². The second kappa shape index (κ2) is 4.56. The van der Waals surface area contributed by atoms with Gasteiger partial charge in [-0.1, -0.05) is 6.92 Å². The van der Waals surface area contributed by atoms with Crippen LogP contribution in [0.15, 0.2) is 6.20 Å². The number of nitrogen functional groups attached to an aromatic ring is 1. The van der Waals surface area contributed by atoms with Crippen LogP contribution >= 0.6 is 0 Å². The fourth-order valence-corrected chi connectivity index (χ4v) is 0.721. The molecule has 0 radical (unpaired) electrons. The Morgan fingerprint density at radius 2 is 2.46 bits per heavy atom. The van der Waals surface area contributed by atoms with Crippen LogP contribution in [0.25, 0.3) is 0 Å². The lowest BCUT2D eigenvalue weighted by Crippen LogP contribution is -2.12. The minimum atomic E-state index is -0.590. The average molecular weight is 186 g/mol. The summed E-state index contributed by atoms with van der Waals surface area (Å²) in [5.41, 5.74) is 2.20. The number of nitrogens with two attached hydrogens (primary N) is 1. The molecular formula is C7H11FN4O. The third-order valence-electron chi connectivity index (χ3n) is 1.28. The lowest BCUT2D eigenvalue weighted by Gasteiger charge is -2.05. The maximum atomic E-state index is 12.9. The van der Waals surface area contributed by atoms with E-state index in [9.17, 15) is 4.39 Å². The van der Waals surface area contributed by atoms with Crippen LogP contribution < -0.4 is 16.0 Å². The van der Waals surface area contributed by atoms with Crippen LogP contribution in [0.4, 0.5) is 10.3 Å². The Labute approximate surface area is 75.1 Å². The van der Waals surface area contributed by atoms with Gasteiger partial charge in [-0.15, -0.1) is 0 Å². The SMILES string of the molecule is CCCOc1nc(NN)ncc1F. The molecular weight excluding hydrogens is 175 g/mol. The Morgan fingerprint density at radius 1 is 1.69 bits per heavy atom. The number of nitrogens with zero attached hydrogens (tertiary/aromatic N) is 2. The van der Waals surface area contributed by atoms with Gasteiger partial charge in [0.15, 0.2) is 0 Å². The summed E-state index contributed by atoms with van der Waals surface area (Å²) >= 11 is 0. The van der Waals surface area contributed by atoms with E-state index in [1.165, 1.54) is 0 Å². The van der Waals surface area contributed by atoms with Crippen molar-refractivity contribution in [2.75, 3.05) is 12.0 Å². The highest BCUT2D eigenvalue weighted by Crippen LogP contribution is 2.13. The van der Waals surface area contributed by atoms with Gasteiger partial charge in [-0.2, -0.15) is 9.37 Å². The predicted octanol–water partition coefficient (Wildman–Crippen LogP) is 0.690. The first-order valence-corrected chi connectivity index (χ1v) is 3.90. The number of hydrogen-bond acceptors (Lipinski definition) is 5. The highest BCUT2D eigenvalue weighted by molar-refractivity contribution is 5.26. The number of ether oxygens (including phenoxy) is 1. The van der Waals surface area contributed by atoms with Crippen molar-refractivity contribution in [1.29, 1.82) is 0 Å². The lowest BCUT2D eigenvalue weighted by molar-refractivity contribution is 0.287. The van der Waals surface area contributed by atoms with Gasteiger partial charge in [-0.25, -0.2) is 10.8 Å². The molecule has 0 unspecified atom stereocenters. The molecule has 3 N–H and O–H groups in total. The van der Waals surface area contributed by atoms with E-state index >= 15 is 0 Å². The van der Waals surface area contributed by atoms with Gasteiger partial charge in [0.2, 0.25) is 11.8 Å². The molecule has 0 atom stereocenters. The quantitative estimate of drug-likeness (QED) is 0.534. The Balaban J connectivity index is 2.78. The van der Waals surface area contributed by atoms with E-state index in [2.05, 4.69) is 15.4 Å². The predicted molar refractivity (Wildman–Crippen MR) is 45.6 cm³/mol. The summed E-state index contributed by atoms with van der Waals surface area (Å²) in [7, 11) is 0. The average Bonchev–Trinajstić information content (AvgIpc) is 2.17. The normalized spacial score (nSPS) is 9.77. The van der Waals surface area contributed by atoms with Crippen LogP contribution in [0.1, 0.15) is 13.3 Å². The van der Waals surface area contributed by atoms with Gasteiger partial charge in [-0.05, 0) is 6.42 Å². The third kappa shape index (κ3) is 2.51. The van der Waals surface area contributed by atoms with Crippen LogP contribution in [0, 0.1) is 5.82 Å². The van der Waals surface area contributed by atoms with E-state index in [0.29, 0.717) is 6.61 Å². The maximum Gasteiger partial charge on any atom is 0.255 e. The monoisotopic (exact) mass is 186 g/mol. The molecule has 0 aliphatic heterocycles. The highest BCUT2D eigenvalue weighted by atomic mass is 19.1. The fraction of sp³-hybridized carbons (Fsp3) is 0.429. The summed E-state index contributed by atoms with van der Waals surface area (Å²) in [6.07, 6.45) is 1.79. The number of rotatable bonds is 4. The van der Waals surface area contributed by atoms with Crippen LogP contribution in [0.3, 0.4) is 0 Å². The molecule has 0 bridgehead atoms. The zero-order chi connectivity index (χ0) is 9.68. The largest absolute Gasteiger partial charge is 0.475 e. The zero-order valence-corrected chi connectivity index (χ0v) is 7.25. The van der Waals surface area contributed by atoms with Crippen molar-refractivity contribution in [3.05, 3.63) is 12.0 Å². The van der Waals surface area contributed by atoms with Gasteiger partial charge >= 0.3 is 0 Å². The second-order valence-electron chi connectivity index (χ2n) is 2.34. The van der Waals surface area contributed by atoms with Crippen molar-refractivity contribution < 1.29 is 9.13 Å². The molecule has 0 saturated carbocycles. The highest BCUT2D eigenvalue weighted by Gasteiger charge is 2.06. The summed E-state index contributed by atoms with van der Waals surface area (Å²) in [5, 5.41) is 0. The number of aromatic nitrogens is 2. The van der Waals surface area contributed by atoms with Crippen LogP contribution in [-0.2, 0) is 0 Å². The first-order chi connectivity index (χ1) is 6.27. The molecule has 0 spiro atoms. The van der Waals surface area contributed by atoms with Gasteiger partial charge in [0.25, 0.3) is 5.88 Å². The molecule has 72 valence electrons. The topological polar surface area (TPSA) is 73.1 Å². The van der Waals surface area contributed by atoms with Gasteiger partial charge in [0, 0.05) is 0 Å². The van der Waals surface area contributed by atoms with Gasteiger partial charge < -0.3 is 4.74 Å². The Morgan fingerprint density at radius 3 is 3.08 bits per heavy atom. The summed E-state index contributed by atoms with van der Waals surface area (Å²) in [4.78, 5) is 7.25. The molecule has 1 rings (SSSR count). The van der Waals surface area contributed by atoms with E-state index in [1.54, 1.807) is 0 Å². The van der Waals surface area contributed by atoms with Crippen LogP contribution in [0.2, 0.25) is 0 Å². The van der Waals surface area contributed by atoms with Gasteiger partial charge in [0.1, 0.15) is 0 Å².